The minimum absolute atomic E-state index is 0.0734. The number of rotatable bonds is 7. The summed E-state index contributed by atoms with van der Waals surface area (Å²) in [5.41, 5.74) is 0.626. The third-order valence-electron chi connectivity index (χ3n) is 5.91. The van der Waals surface area contributed by atoms with Crippen LogP contribution in [0.1, 0.15) is 24.5 Å². The Morgan fingerprint density at radius 1 is 0.788 bits per heavy atom. The summed E-state index contributed by atoms with van der Waals surface area (Å²) in [6.07, 6.45) is -7.64. The van der Waals surface area contributed by atoms with Crippen LogP contribution in [0.4, 0.5) is 0 Å². The normalized spacial score (nSPS) is 34.7. The highest BCUT2D eigenvalue weighted by atomic mass is 16.7. The summed E-state index contributed by atoms with van der Waals surface area (Å²) in [7, 11) is 0. The van der Waals surface area contributed by atoms with Crippen molar-refractivity contribution in [2.75, 3.05) is 13.2 Å². The summed E-state index contributed by atoms with van der Waals surface area (Å²) >= 11 is 0. The lowest BCUT2D eigenvalue weighted by Crippen LogP contribution is -2.54. The van der Waals surface area contributed by atoms with Crippen molar-refractivity contribution in [1.29, 1.82) is 0 Å². The molecule has 4 rings (SSSR count). The van der Waals surface area contributed by atoms with Crippen molar-refractivity contribution in [2.24, 2.45) is 0 Å². The fourth-order valence-corrected chi connectivity index (χ4v) is 4.16. The lowest BCUT2D eigenvalue weighted by molar-refractivity contribution is -0.309. The molecular formula is C24H30O9. The summed E-state index contributed by atoms with van der Waals surface area (Å²) in [6, 6.07) is 16.3. The van der Waals surface area contributed by atoms with Crippen LogP contribution in [0.15, 0.2) is 54.6 Å². The topological polar surface area (TPSA) is 138 Å². The Hall–Kier alpha value is -2.08. The first-order chi connectivity index (χ1) is 16.0. The number of hydrogen-bond acceptors (Lipinski definition) is 9. The average molecular weight is 462 g/mol. The van der Waals surface area contributed by atoms with E-state index in [4.69, 9.17) is 18.9 Å². The summed E-state index contributed by atoms with van der Waals surface area (Å²) in [6.45, 7) is -0.630. The Labute approximate surface area is 191 Å². The Morgan fingerprint density at radius 2 is 1.48 bits per heavy atom. The average Bonchev–Trinajstić information content (AvgIpc) is 2.83. The second-order valence-electron chi connectivity index (χ2n) is 8.35. The Kier molecular flexibility index (Phi) is 7.94. The zero-order valence-electron chi connectivity index (χ0n) is 18.0. The van der Waals surface area contributed by atoms with E-state index < -0.39 is 49.0 Å². The summed E-state index contributed by atoms with van der Waals surface area (Å²) in [5.74, 6) is 1.22. The van der Waals surface area contributed by atoms with Crippen LogP contribution in [0, 0.1) is 0 Å². The molecule has 2 heterocycles. The van der Waals surface area contributed by atoms with Crippen molar-refractivity contribution < 1.29 is 44.5 Å². The molecule has 9 heteroatoms. The van der Waals surface area contributed by atoms with E-state index in [1.54, 1.807) is 24.3 Å². The first-order valence-corrected chi connectivity index (χ1v) is 11.0. The van der Waals surface area contributed by atoms with Crippen molar-refractivity contribution in [2.45, 2.75) is 61.9 Å². The van der Waals surface area contributed by atoms with E-state index in [2.05, 4.69) is 0 Å². The van der Waals surface area contributed by atoms with Gasteiger partial charge >= 0.3 is 0 Å². The van der Waals surface area contributed by atoms with Crippen molar-refractivity contribution in [3.8, 4) is 11.5 Å². The number of aliphatic hydroxyl groups excluding tert-OH is 5. The van der Waals surface area contributed by atoms with Gasteiger partial charge in [0.1, 0.15) is 29.8 Å². The molecule has 0 radical (unpaired) electrons. The maximum absolute atomic E-state index is 11.1. The fourth-order valence-electron chi connectivity index (χ4n) is 4.16. The fraction of sp³-hybridized carbons (Fsp3) is 0.500. The van der Waals surface area contributed by atoms with Gasteiger partial charge in [0.2, 0.25) is 0 Å². The van der Waals surface area contributed by atoms with Gasteiger partial charge in [0.25, 0.3) is 0 Å². The number of ether oxygens (including phenoxy) is 4. The van der Waals surface area contributed by atoms with Gasteiger partial charge in [0.15, 0.2) is 6.29 Å². The molecule has 0 aliphatic carbocycles. The minimum atomic E-state index is -1.34. The Bertz CT molecular complexity index is 879. The van der Waals surface area contributed by atoms with Crippen LogP contribution in [0.25, 0.3) is 0 Å². The van der Waals surface area contributed by atoms with Gasteiger partial charge in [-0.25, -0.2) is 0 Å². The van der Waals surface area contributed by atoms with Crippen LogP contribution >= 0.6 is 0 Å². The lowest BCUT2D eigenvalue weighted by atomic mass is 9.92. The van der Waals surface area contributed by atoms with Crippen LogP contribution in [-0.2, 0) is 14.2 Å². The molecule has 0 spiro atoms. The summed E-state index contributed by atoms with van der Waals surface area (Å²) in [4.78, 5) is 0. The molecule has 2 aromatic rings. The number of para-hydroxylation sites is 1. The highest BCUT2D eigenvalue weighted by Crippen LogP contribution is 2.36. The smallest absolute Gasteiger partial charge is 0.186 e. The van der Waals surface area contributed by atoms with Gasteiger partial charge in [-0.15, -0.1) is 0 Å². The largest absolute Gasteiger partial charge is 0.457 e. The molecule has 0 amide bonds. The standard InChI is InChI=1S/C24H30O9/c25-12-17-10-19(27)21(28)24(32-17)33-20-11-18(13-26)31-23(22(20)29)14-5-4-8-16(9-14)30-15-6-2-1-3-7-15/h1-9,17-29H,10-13H2. The minimum Gasteiger partial charge on any atom is -0.457 e. The van der Waals surface area contributed by atoms with Crippen molar-refractivity contribution in [3.63, 3.8) is 0 Å². The summed E-state index contributed by atoms with van der Waals surface area (Å²) < 4.78 is 23.2. The molecule has 2 aliphatic rings. The zero-order valence-corrected chi connectivity index (χ0v) is 18.0. The second-order valence-corrected chi connectivity index (χ2v) is 8.35. The molecule has 2 saturated heterocycles. The van der Waals surface area contributed by atoms with Crippen LogP contribution in [0.3, 0.4) is 0 Å². The van der Waals surface area contributed by atoms with E-state index in [1.165, 1.54) is 0 Å². The molecule has 5 N–H and O–H groups in total. The van der Waals surface area contributed by atoms with E-state index in [0.29, 0.717) is 17.1 Å². The van der Waals surface area contributed by atoms with Crippen LogP contribution in [0.5, 0.6) is 11.5 Å². The monoisotopic (exact) mass is 462 g/mol. The van der Waals surface area contributed by atoms with E-state index in [9.17, 15) is 25.5 Å². The molecular weight excluding hydrogens is 432 g/mol. The molecule has 33 heavy (non-hydrogen) atoms. The highest BCUT2D eigenvalue weighted by Gasteiger charge is 2.44. The molecule has 8 unspecified atom stereocenters. The first kappa shape index (κ1) is 24.1. The molecule has 0 bridgehead atoms. The Morgan fingerprint density at radius 3 is 2.21 bits per heavy atom. The second kappa shape index (κ2) is 10.9. The van der Waals surface area contributed by atoms with E-state index in [1.807, 2.05) is 30.3 Å². The molecule has 8 atom stereocenters. The maximum Gasteiger partial charge on any atom is 0.186 e. The molecule has 0 saturated carbocycles. The number of aliphatic hydroxyl groups is 5. The van der Waals surface area contributed by atoms with Crippen molar-refractivity contribution >= 4 is 0 Å². The van der Waals surface area contributed by atoms with Crippen molar-refractivity contribution in [3.05, 3.63) is 60.2 Å². The lowest BCUT2D eigenvalue weighted by Gasteiger charge is -2.43. The zero-order chi connectivity index (χ0) is 23.4. The Balaban J connectivity index is 1.51. The predicted molar refractivity (Wildman–Crippen MR) is 116 cm³/mol. The van der Waals surface area contributed by atoms with Gasteiger partial charge in [-0.05, 0) is 29.8 Å². The summed E-state index contributed by atoms with van der Waals surface area (Å²) in [5, 5.41) is 50.5. The number of benzene rings is 2. The molecule has 180 valence electrons. The van der Waals surface area contributed by atoms with Gasteiger partial charge < -0.3 is 44.5 Å². The molecule has 2 aromatic carbocycles. The van der Waals surface area contributed by atoms with E-state index >= 15 is 0 Å². The van der Waals surface area contributed by atoms with Gasteiger partial charge in [-0.1, -0.05) is 30.3 Å². The van der Waals surface area contributed by atoms with Gasteiger partial charge in [0, 0.05) is 12.8 Å². The van der Waals surface area contributed by atoms with Crippen LogP contribution < -0.4 is 4.74 Å². The third-order valence-corrected chi connectivity index (χ3v) is 5.91. The van der Waals surface area contributed by atoms with Crippen LogP contribution in [0.2, 0.25) is 0 Å². The number of hydrogen-bond donors (Lipinski definition) is 5. The van der Waals surface area contributed by atoms with Gasteiger partial charge in [0.05, 0.1) is 37.6 Å². The van der Waals surface area contributed by atoms with E-state index in [0.717, 1.165) is 0 Å². The molecule has 2 aliphatic heterocycles. The first-order valence-electron chi connectivity index (χ1n) is 11.0. The van der Waals surface area contributed by atoms with Crippen molar-refractivity contribution in [1.82, 2.24) is 0 Å². The van der Waals surface area contributed by atoms with Crippen LogP contribution in [-0.4, -0.2) is 81.7 Å². The molecule has 0 aromatic heterocycles. The van der Waals surface area contributed by atoms with E-state index in [-0.39, 0.29) is 26.1 Å². The molecule has 2 fully saturated rings. The SMILES string of the molecule is OCC1CC(O)C(O)C(OC2CC(CO)OC(c3cccc(Oc4ccccc4)c3)C2O)O1. The predicted octanol–water partition coefficient (Wildman–Crippen LogP) is 0.876. The quantitative estimate of drug-likeness (QED) is 0.406. The third kappa shape index (κ3) is 5.71. The highest BCUT2D eigenvalue weighted by molar-refractivity contribution is 5.35. The van der Waals surface area contributed by atoms with Gasteiger partial charge in [-0.3, -0.25) is 0 Å². The maximum atomic E-state index is 11.1. The molecule has 9 nitrogen and oxygen atoms in total. The van der Waals surface area contributed by atoms with Gasteiger partial charge in [-0.2, -0.15) is 0 Å².